The van der Waals surface area contributed by atoms with E-state index in [2.05, 4.69) is 25.5 Å². The van der Waals surface area contributed by atoms with E-state index in [4.69, 9.17) is 4.74 Å². The van der Waals surface area contributed by atoms with Crippen LogP contribution >= 0.6 is 23.1 Å². The minimum atomic E-state index is -0.0601. The van der Waals surface area contributed by atoms with Gasteiger partial charge in [0.15, 0.2) is 4.34 Å². The molecule has 0 bridgehead atoms. The second-order valence-electron chi connectivity index (χ2n) is 5.41. The molecule has 1 aliphatic rings. The van der Waals surface area contributed by atoms with Crippen LogP contribution in [0.25, 0.3) is 4.96 Å². The summed E-state index contributed by atoms with van der Waals surface area (Å²) in [6, 6.07) is 7.90. The molecule has 130 valence electrons. The number of morpholine rings is 1. The minimum Gasteiger partial charge on any atom is -0.378 e. The Morgan fingerprint density at radius 3 is 2.84 bits per heavy atom. The summed E-state index contributed by atoms with van der Waals surface area (Å²) in [6.07, 6.45) is 1.55. The van der Waals surface area contributed by atoms with Gasteiger partial charge in [0.2, 0.25) is 10.9 Å². The first-order chi connectivity index (χ1) is 12.3. The molecule has 1 N–H and O–H groups in total. The molecular weight excluding hydrogens is 360 g/mol. The number of nitrogens with one attached hydrogen (secondary N) is 1. The van der Waals surface area contributed by atoms with Gasteiger partial charge >= 0.3 is 0 Å². The molecule has 10 heteroatoms. The Labute approximate surface area is 152 Å². The van der Waals surface area contributed by atoms with Gasteiger partial charge in [-0.2, -0.15) is 4.52 Å². The van der Waals surface area contributed by atoms with E-state index in [1.165, 1.54) is 23.1 Å². The van der Waals surface area contributed by atoms with Gasteiger partial charge in [-0.05, 0) is 24.3 Å². The van der Waals surface area contributed by atoms with Crippen molar-refractivity contribution in [2.45, 2.75) is 4.34 Å². The largest absolute Gasteiger partial charge is 0.378 e. The molecule has 3 aromatic rings. The maximum atomic E-state index is 12.1. The maximum absolute atomic E-state index is 12.1. The summed E-state index contributed by atoms with van der Waals surface area (Å²) in [7, 11) is 0. The van der Waals surface area contributed by atoms with E-state index in [0.717, 1.165) is 47.0 Å². The molecule has 1 aromatic carbocycles. The lowest BCUT2D eigenvalue weighted by Gasteiger charge is -2.28. The third kappa shape index (κ3) is 3.91. The SMILES string of the molecule is O=C(CSc1nn2cnnc2s1)Nc1ccc(N2CCOCC2)cc1. The fourth-order valence-electron chi connectivity index (χ4n) is 2.50. The predicted molar refractivity (Wildman–Crippen MR) is 97.5 cm³/mol. The van der Waals surface area contributed by atoms with Crippen LogP contribution in [-0.4, -0.2) is 57.8 Å². The monoisotopic (exact) mass is 376 g/mol. The van der Waals surface area contributed by atoms with Crippen molar-refractivity contribution in [3.05, 3.63) is 30.6 Å². The van der Waals surface area contributed by atoms with Crippen LogP contribution in [0.15, 0.2) is 34.9 Å². The van der Waals surface area contributed by atoms with Gasteiger partial charge in [-0.3, -0.25) is 4.79 Å². The van der Waals surface area contributed by atoms with Crippen LogP contribution in [0, 0.1) is 0 Å². The van der Waals surface area contributed by atoms with Gasteiger partial charge < -0.3 is 15.0 Å². The van der Waals surface area contributed by atoms with Crippen LogP contribution < -0.4 is 10.2 Å². The van der Waals surface area contributed by atoms with E-state index in [-0.39, 0.29) is 5.91 Å². The molecule has 0 atom stereocenters. The highest BCUT2D eigenvalue weighted by atomic mass is 32.2. The van der Waals surface area contributed by atoms with E-state index < -0.39 is 0 Å². The summed E-state index contributed by atoms with van der Waals surface area (Å²) in [6.45, 7) is 3.31. The number of carbonyl (C=O) groups excluding carboxylic acids is 1. The van der Waals surface area contributed by atoms with Gasteiger partial charge in [0.1, 0.15) is 6.33 Å². The molecule has 1 amide bonds. The number of nitrogens with zero attached hydrogens (tertiary/aromatic N) is 5. The predicted octanol–water partition coefficient (Wildman–Crippen LogP) is 1.75. The van der Waals surface area contributed by atoms with Gasteiger partial charge in [0.05, 0.1) is 19.0 Å². The molecule has 1 fully saturated rings. The summed E-state index contributed by atoms with van der Waals surface area (Å²) in [4.78, 5) is 15.1. The highest BCUT2D eigenvalue weighted by Gasteiger charge is 2.12. The van der Waals surface area contributed by atoms with Crippen molar-refractivity contribution in [1.29, 1.82) is 0 Å². The summed E-state index contributed by atoms with van der Waals surface area (Å²) >= 11 is 2.80. The van der Waals surface area contributed by atoms with Crippen LogP contribution in [0.5, 0.6) is 0 Å². The zero-order valence-corrected chi connectivity index (χ0v) is 14.9. The first-order valence-corrected chi connectivity index (χ1v) is 9.60. The van der Waals surface area contributed by atoms with Gasteiger partial charge in [-0.25, -0.2) is 0 Å². The number of thioether (sulfide) groups is 1. The highest BCUT2D eigenvalue weighted by molar-refractivity contribution is 8.01. The van der Waals surface area contributed by atoms with E-state index in [0.29, 0.717) is 5.75 Å². The smallest absolute Gasteiger partial charge is 0.235 e. The Hall–Kier alpha value is -2.17. The molecule has 0 radical (unpaired) electrons. The third-order valence-corrected chi connectivity index (χ3v) is 5.77. The van der Waals surface area contributed by atoms with Crippen molar-refractivity contribution in [3.8, 4) is 0 Å². The number of benzene rings is 1. The number of hydrogen-bond donors (Lipinski definition) is 1. The molecule has 25 heavy (non-hydrogen) atoms. The van der Waals surface area contributed by atoms with Crippen LogP contribution in [-0.2, 0) is 9.53 Å². The Bertz CT molecular complexity index is 828. The number of ether oxygens (including phenoxy) is 1. The number of rotatable bonds is 5. The molecule has 0 aliphatic carbocycles. The lowest BCUT2D eigenvalue weighted by molar-refractivity contribution is -0.113. The van der Waals surface area contributed by atoms with Gasteiger partial charge in [-0.15, -0.1) is 15.3 Å². The van der Waals surface area contributed by atoms with E-state index in [1.54, 1.807) is 10.8 Å². The number of anilines is 2. The minimum absolute atomic E-state index is 0.0601. The van der Waals surface area contributed by atoms with Gasteiger partial charge in [0, 0.05) is 24.5 Å². The second-order valence-corrected chi connectivity index (χ2v) is 7.59. The Kier molecular flexibility index (Phi) is 4.81. The topological polar surface area (TPSA) is 84.7 Å². The van der Waals surface area contributed by atoms with E-state index in [9.17, 15) is 4.79 Å². The molecule has 4 rings (SSSR count). The fourth-order valence-corrected chi connectivity index (χ4v) is 4.16. The van der Waals surface area contributed by atoms with E-state index >= 15 is 0 Å². The number of carbonyl (C=O) groups is 1. The van der Waals surface area contributed by atoms with Crippen LogP contribution in [0.2, 0.25) is 0 Å². The molecule has 0 spiro atoms. The van der Waals surface area contributed by atoms with Crippen molar-refractivity contribution in [2.75, 3.05) is 42.3 Å². The molecule has 0 unspecified atom stereocenters. The average Bonchev–Trinajstić information content (AvgIpc) is 3.23. The van der Waals surface area contributed by atoms with Crippen molar-refractivity contribution in [3.63, 3.8) is 0 Å². The van der Waals surface area contributed by atoms with Crippen LogP contribution in [0.4, 0.5) is 11.4 Å². The number of hydrogen-bond acceptors (Lipinski definition) is 8. The summed E-state index contributed by atoms with van der Waals surface area (Å²) in [5.74, 6) is 0.241. The Morgan fingerprint density at radius 1 is 1.28 bits per heavy atom. The molecular formula is C15H16N6O2S2. The Balaban J connectivity index is 1.30. The van der Waals surface area contributed by atoms with E-state index in [1.807, 2.05) is 24.3 Å². The quantitative estimate of drug-likeness (QED) is 0.679. The van der Waals surface area contributed by atoms with Gasteiger partial charge in [0.25, 0.3) is 0 Å². The maximum Gasteiger partial charge on any atom is 0.235 e. The first-order valence-electron chi connectivity index (χ1n) is 7.80. The highest BCUT2D eigenvalue weighted by Crippen LogP contribution is 2.24. The van der Waals surface area contributed by atoms with Crippen LogP contribution in [0.3, 0.4) is 0 Å². The van der Waals surface area contributed by atoms with Gasteiger partial charge in [-0.1, -0.05) is 23.1 Å². The summed E-state index contributed by atoms with van der Waals surface area (Å²) in [5.41, 5.74) is 1.94. The molecule has 1 aliphatic heterocycles. The molecule has 0 saturated carbocycles. The zero-order chi connectivity index (χ0) is 17.1. The zero-order valence-electron chi connectivity index (χ0n) is 13.3. The lowest BCUT2D eigenvalue weighted by atomic mass is 10.2. The van der Waals surface area contributed by atoms with Crippen molar-refractivity contribution in [1.82, 2.24) is 19.8 Å². The number of fused-ring (bicyclic) bond motifs is 1. The van der Waals surface area contributed by atoms with Crippen molar-refractivity contribution >= 4 is 45.3 Å². The second kappa shape index (κ2) is 7.38. The van der Waals surface area contributed by atoms with Crippen LogP contribution in [0.1, 0.15) is 0 Å². The fraction of sp³-hybridized carbons (Fsp3) is 0.333. The summed E-state index contributed by atoms with van der Waals surface area (Å²) in [5, 5.41) is 14.9. The van der Waals surface area contributed by atoms with Crippen molar-refractivity contribution < 1.29 is 9.53 Å². The molecule has 2 aromatic heterocycles. The molecule has 8 nitrogen and oxygen atoms in total. The normalized spacial score (nSPS) is 14.8. The first kappa shape index (κ1) is 16.3. The molecule has 1 saturated heterocycles. The lowest BCUT2D eigenvalue weighted by Crippen LogP contribution is -2.36. The number of amides is 1. The average molecular weight is 376 g/mol. The standard InChI is InChI=1S/C15H16N6O2S2/c22-13(9-24-15-19-21-10-16-18-14(21)25-15)17-11-1-3-12(4-2-11)20-5-7-23-8-6-20/h1-4,10H,5-9H2,(H,17,22). The third-order valence-electron chi connectivity index (χ3n) is 3.72. The Morgan fingerprint density at radius 2 is 2.08 bits per heavy atom. The summed E-state index contributed by atoms with van der Waals surface area (Å²) < 4.78 is 7.76. The number of aromatic nitrogens is 4. The molecule has 3 heterocycles. The van der Waals surface area contributed by atoms with Crippen molar-refractivity contribution in [2.24, 2.45) is 0 Å².